The van der Waals surface area contributed by atoms with Gasteiger partial charge in [-0.05, 0) is 36.8 Å². The molecular formula is C19H18F2N2O4. The Labute approximate surface area is 154 Å². The lowest BCUT2D eigenvalue weighted by atomic mass is 10.1. The minimum Gasteiger partial charge on any atom is -0.391 e. The smallest absolute Gasteiger partial charge is 0.333 e. The second-order valence-corrected chi connectivity index (χ2v) is 5.85. The summed E-state index contributed by atoms with van der Waals surface area (Å²) < 4.78 is 31.3. The second kappa shape index (κ2) is 9.00. The quantitative estimate of drug-likeness (QED) is 0.615. The van der Waals surface area contributed by atoms with E-state index in [1.54, 1.807) is 30.3 Å². The number of nitrogens with zero attached hydrogens (tertiary/aromatic N) is 1. The van der Waals surface area contributed by atoms with E-state index >= 15 is 0 Å². The third-order valence-electron chi connectivity index (χ3n) is 3.52. The third kappa shape index (κ3) is 5.96. The highest BCUT2D eigenvalue weighted by Gasteiger charge is 2.23. The van der Waals surface area contributed by atoms with Crippen molar-refractivity contribution in [1.29, 1.82) is 0 Å². The van der Waals surface area contributed by atoms with Crippen LogP contribution in [-0.4, -0.2) is 30.4 Å². The van der Waals surface area contributed by atoms with E-state index in [4.69, 9.17) is 5.73 Å². The molecule has 0 heterocycles. The third-order valence-corrected chi connectivity index (χ3v) is 3.52. The Morgan fingerprint density at radius 3 is 2.22 bits per heavy atom. The molecule has 1 atom stereocenters. The van der Waals surface area contributed by atoms with Crippen molar-refractivity contribution in [2.75, 3.05) is 11.4 Å². The normalized spacial score (nSPS) is 11.6. The van der Waals surface area contributed by atoms with E-state index < -0.39 is 42.1 Å². The molecule has 0 fully saturated rings. The number of rotatable bonds is 6. The van der Waals surface area contributed by atoms with Crippen molar-refractivity contribution in [1.82, 2.24) is 0 Å². The first-order valence-electron chi connectivity index (χ1n) is 8.06. The summed E-state index contributed by atoms with van der Waals surface area (Å²) in [6.07, 6.45) is -0.349. The molecule has 0 aliphatic heterocycles. The van der Waals surface area contributed by atoms with Gasteiger partial charge in [0.2, 0.25) is 5.91 Å². The molecule has 0 saturated heterocycles. The highest BCUT2D eigenvalue weighted by molar-refractivity contribution is 6.00. The summed E-state index contributed by atoms with van der Waals surface area (Å²) in [4.78, 5) is 37.2. The molecule has 0 unspecified atom stereocenters. The number of hydrogen-bond donors (Lipinski definition) is 1. The molecular weight excluding hydrogens is 358 g/mol. The number of halogens is 2. The SMILES string of the molecule is C[C@H](N)C(=O)OC(=O)CN(C(=O)Cc1cc(F)cc(F)c1)c1ccccc1. The van der Waals surface area contributed by atoms with Gasteiger partial charge in [-0.25, -0.2) is 18.4 Å². The van der Waals surface area contributed by atoms with Crippen LogP contribution in [0.15, 0.2) is 48.5 Å². The lowest BCUT2D eigenvalue weighted by Crippen LogP contribution is -2.40. The summed E-state index contributed by atoms with van der Waals surface area (Å²) in [5.41, 5.74) is 5.81. The van der Waals surface area contributed by atoms with Crippen LogP contribution in [0.3, 0.4) is 0 Å². The number of carbonyl (C=O) groups is 3. The van der Waals surface area contributed by atoms with Crippen LogP contribution in [0, 0.1) is 11.6 Å². The van der Waals surface area contributed by atoms with Gasteiger partial charge in [-0.1, -0.05) is 18.2 Å². The molecule has 1 amide bonds. The summed E-state index contributed by atoms with van der Waals surface area (Å²) in [5.74, 6) is -4.12. The molecule has 0 radical (unpaired) electrons. The molecule has 2 rings (SSSR count). The number of para-hydroxylation sites is 1. The number of esters is 2. The Morgan fingerprint density at radius 2 is 1.67 bits per heavy atom. The van der Waals surface area contributed by atoms with Gasteiger partial charge in [-0.2, -0.15) is 0 Å². The minimum absolute atomic E-state index is 0.110. The van der Waals surface area contributed by atoms with Crippen molar-refractivity contribution in [3.05, 3.63) is 65.7 Å². The largest absolute Gasteiger partial charge is 0.391 e. The van der Waals surface area contributed by atoms with E-state index in [1.165, 1.54) is 6.92 Å². The molecule has 0 aliphatic carbocycles. The Hall–Kier alpha value is -3.13. The first-order valence-corrected chi connectivity index (χ1v) is 8.06. The maximum atomic E-state index is 13.3. The van der Waals surface area contributed by atoms with Crippen molar-refractivity contribution >= 4 is 23.5 Å². The van der Waals surface area contributed by atoms with Gasteiger partial charge in [0.25, 0.3) is 0 Å². The van der Waals surface area contributed by atoms with Crippen LogP contribution < -0.4 is 10.6 Å². The van der Waals surface area contributed by atoms with Crippen LogP contribution in [0.4, 0.5) is 14.5 Å². The van der Waals surface area contributed by atoms with Gasteiger partial charge in [0.1, 0.15) is 24.2 Å². The number of hydrogen-bond acceptors (Lipinski definition) is 5. The minimum atomic E-state index is -0.995. The maximum Gasteiger partial charge on any atom is 0.333 e. The van der Waals surface area contributed by atoms with E-state index in [0.29, 0.717) is 11.8 Å². The van der Waals surface area contributed by atoms with E-state index in [1.807, 2.05) is 0 Å². The van der Waals surface area contributed by atoms with Gasteiger partial charge in [0.15, 0.2) is 0 Å². The lowest BCUT2D eigenvalue weighted by molar-refractivity contribution is -0.159. The average Bonchev–Trinajstić information content (AvgIpc) is 2.59. The van der Waals surface area contributed by atoms with Gasteiger partial charge in [-0.15, -0.1) is 0 Å². The lowest BCUT2D eigenvalue weighted by Gasteiger charge is -2.22. The monoisotopic (exact) mass is 376 g/mol. The predicted molar refractivity (Wildman–Crippen MR) is 93.6 cm³/mol. The van der Waals surface area contributed by atoms with Crippen LogP contribution in [-0.2, 0) is 25.5 Å². The van der Waals surface area contributed by atoms with E-state index in [-0.39, 0.29) is 12.0 Å². The molecule has 0 aromatic heterocycles. The predicted octanol–water partition coefficient (Wildman–Crippen LogP) is 1.96. The fourth-order valence-electron chi connectivity index (χ4n) is 2.28. The second-order valence-electron chi connectivity index (χ2n) is 5.85. The molecule has 6 nitrogen and oxygen atoms in total. The molecule has 0 aliphatic rings. The Morgan fingerprint density at radius 1 is 1.07 bits per heavy atom. The summed E-state index contributed by atoms with van der Waals surface area (Å²) in [5, 5.41) is 0. The van der Waals surface area contributed by atoms with E-state index in [0.717, 1.165) is 17.0 Å². The highest BCUT2D eigenvalue weighted by Crippen LogP contribution is 2.16. The molecule has 2 aromatic carbocycles. The van der Waals surface area contributed by atoms with Gasteiger partial charge in [0, 0.05) is 11.8 Å². The zero-order valence-electron chi connectivity index (χ0n) is 14.5. The van der Waals surface area contributed by atoms with Crippen LogP contribution in [0.5, 0.6) is 0 Å². The molecule has 0 bridgehead atoms. The van der Waals surface area contributed by atoms with Gasteiger partial charge >= 0.3 is 11.9 Å². The van der Waals surface area contributed by atoms with Crippen LogP contribution >= 0.6 is 0 Å². The van der Waals surface area contributed by atoms with Crippen molar-refractivity contribution in [3.8, 4) is 0 Å². The summed E-state index contributed by atoms with van der Waals surface area (Å²) in [6.45, 7) is 0.799. The fraction of sp³-hybridized carbons (Fsp3) is 0.211. The first-order chi connectivity index (χ1) is 12.8. The van der Waals surface area contributed by atoms with E-state index in [2.05, 4.69) is 4.74 Å². The molecule has 8 heteroatoms. The molecule has 142 valence electrons. The van der Waals surface area contributed by atoms with Crippen LogP contribution in [0.1, 0.15) is 12.5 Å². The first kappa shape index (κ1) is 20.2. The average molecular weight is 376 g/mol. The molecule has 2 aromatic rings. The van der Waals surface area contributed by atoms with Crippen LogP contribution in [0.25, 0.3) is 0 Å². The standard InChI is InChI=1S/C19H18F2N2O4/c1-12(22)19(26)27-18(25)11-23(16-5-3-2-4-6-16)17(24)9-13-7-14(20)10-15(21)8-13/h2-8,10,12H,9,11,22H2,1H3/t12-/m0/s1. The van der Waals surface area contributed by atoms with Gasteiger partial charge < -0.3 is 15.4 Å². The molecule has 2 N–H and O–H groups in total. The summed E-state index contributed by atoms with van der Waals surface area (Å²) in [6, 6.07) is 9.92. The topological polar surface area (TPSA) is 89.7 Å². The Balaban J connectivity index is 2.20. The van der Waals surface area contributed by atoms with Crippen molar-refractivity contribution < 1.29 is 27.9 Å². The number of amides is 1. The van der Waals surface area contributed by atoms with Crippen LogP contribution in [0.2, 0.25) is 0 Å². The summed E-state index contributed by atoms with van der Waals surface area (Å²) >= 11 is 0. The van der Waals surface area contributed by atoms with Crippen molar-refractivity contribution in [3.63, 3.8) is 0 Å². The van der Waals surface area contributed by atoms with Gasteiger partial charge in [-0.3, -0.25) is 4.79 Å². The highest BCUT2D eigenvalue weighted by atomic mass is 19.1. The zero-order chi connectivity index (χ0) is 20.0. The van der Waals surface area contributed by atoms with E-state index in [9.17, 15) is 23.2 Å². The fourth-order valence-corrected chi connectivity index (χ4v) is 2.28. The Bertz CT molecular complexity index is 821. The molecule has 0 spiro atoms. The molecule has 27 heavy (non-hydrogen) atoms. The summed E-state index contributed by atoms with van der Waals surface area (Å²) in [7, 11) is 0. The number of ether oxygens (including phenoxy) is 1. The Kier molecular flexibility index (Phi) is 6.73. The number of carbonyl (C=O) groups excluding carboxylic acids is 3. The van der Waals surface area contributed by atoms with Crippen molar-refractivity contribution in [2.24, 2.45) is 5.73 Å². The van der Waals surface area contributed by atoms with Crippen molar-refractivity contribution in [2.45, 2.75) is 19.4 Å². The van der Waals surface area contributed by atoms with Gasteiger partial charge in [0.05, 0.1) is 6.42 Å². The number of nitrogens with two attached hydrogens (primary N) is 1. The maximum absolute atomic E-state index is 13.3. The zero-order valence-corrected chi connectivity index (χ0v) is 14.5. The number of benzene rings is 2. The molecule has 0 saturated carbocycles. The number of anilines is 1.